The summed E-state index contributed by atoms with van der Waals surface area (Å²) in [6.07, 6.45) is 1.84. The summed E-state index contributed by atoms with van der Waals surface area (Å²) in [5, 5.41) is 9.39. The molecule has 3 aromatic heterocycles. The number of sulfonamides is 1. The van der Waals surface area contributed by atoms with Gasteiger partial charge in [-0.3, -0.25) is 5.16 Å². The van der Waals surface area contributed by atoms with Crippen LogP contribution in [0, 0.1) is 6.92 Å². The third-order valence-corrected chi connectivity index (χ3v) is 5.77. The second-order valence-electron chi connectivity index (χ2n) is 5.83. The van der Waals surface area contributed by atoms with Gasteiger partial charge in [0.15, 0.2) is 11.3 Å². The summed E-state index contributed by atoms with van der Waals surface area (Å²) in [4.78, 5) is 7.73. The van der Waals surface area contributed by atoms with Crippen LogP contribution in [0.15, 0.2) is 69.5 Å². The van der Waals surface area contributed by atoms with E-state index in [0.29, 0.717) is 16.6 Å². The average Bonchev–Trinajstić information content (AvgIpc) is 3.31. The Balaban J connectivity index is 1.47. The minimum atomic E-state index is -3.86. The normalized spacial score (nSPS) is 11.3. The number of hydrogen-bond donors (Lipinski definition) is 1. The third kappa shape index (κ3) is 4.02. The number of nitrogens with one attached hydrogen (secondary N) is 2. The van der Waals surface area contributed by atoms with Gasteiger partial charge in [0.05, 0.1) is 4.90 Å². The first kappa shape index (κ1) is 18.1. The van der Waals surface area contributed by atoms with Crippen molar-refractivity contribution < 1.29 is 17.9 Å². The second-order valence-corrected chi connectivity index (χ2v) is 8.29. The molecule has 0 fully saturated rings. The Labute approximate surface area is 165 Å². The molecule has 0 saturated heterocycles. The van der Waals surface area contributed by atoms with E-state index >= 15 is 0 Å². The molecule has 2 N–H and O–H groups in total. The van der Waals surface area contributed by atoms with Crippen molar-refractivity contribution in [1.29, 1.82) is 0 Å². The van der Waals surface area contributed by atoms with Gasteiger partial charge in [-0.25, -0.2) is 18.4 Å². The summed E-state index contributed by atoms with van der Waals surface area (Å²) in [6.45, 7) is 1.67. The van der Waals surface area contributed by atoms with Gasteiger partial charge in [0.2, 0.25) is 15.7 Å². The van der Waals surface area contributed by atoms with E-state index < -0.39 is 10.0 Å². The molecule has 0 unspecified atom stereocenters. The number of H-pyrrole nitrogens is 1. The monoisotopic (exact) mass is 413 g/mol. The number of aromatic amines is 1. The Morgan fingerprint density at radius 3 is 2.68 bits per heavy atom. The third-order valence-electron chi connectivity index (χ3n) is 3.72. The lowest BCUT2D eigenvalue weighted by atomic mass is 10.3. The van der Waals surface area contributed by atoms with Crippen molar-refractivity contribution in [3.05, 3.63) is 70.6 Å². The summed E-state index contributed by atoms with van der Waals surface area (Å²) < 4.78 is 33.2. The topological polar surface area (TPSA) is 113 Å². The van der Waals surface area contributed by atoms with Crippen LogP contribution in [0.25, 0.3) is 16.1 Å². The van der Waals surface area contributed by atoms with Gasteiger partial charge in [-0.2, -0.15) is 0 Å². The van der Waals surface area contributed by atoms with E-state index in [1.165, 1.54) is 29.5 Å². The molecule has 4 aromatic rings. The summed E-state index contributed by atoms with van der Waals surface area (Å²) in [5.74, 6) is 0.511. The second kappa shape index (κ2) is 7.41. The number of hydrogen-bond acceptors (Lipinski definition) is 7. The maximum absolute atomic E-state index is 12.4. The zero-order chi connectivity index (χ0) is 19.6. The molecule has 8 nitrogen and oxygen atoms in total. The van der Waals surface area contributed by atoms with Crippen molar-refractivity contribution in [3.8, 4) is 11.4 Å². The smallest absolute Gasteiger partial charge is 0.230 e. The molecule has 0 radical (unpaired) electrons. The quantitative estimate of drug-likeness (QED) is 0.510. The number of aryl methyl sites for hydroxylation is 1. The zero-order valence-corrected chi connectivity index (χ0v) is 16.3. The molecular formula is C18H15N5O3S2. The minimum Gasteiger partial charge on any atom is -0.460 e. The molecular weight excluding hydrogens is 398 g/mol. The van der Waals surface area contributed by atoms with Crippen LogP contribution in [0.2, 0.25) is 0 Å². The van der Waals surface area contributed by atoms with Crippen LogP contribution in [0.1, 0.15) is 5.76 Å². The van der Waals surface area contributed by atoms with E-state index in [0.717, 1.165) is 11.4 Å². The van der Waals surface area contributed by atoms with E-state index in [1.807, 2.05) is 29.8 Å². The predicted octanol–water partition coefficient (Wildman–Crippen LogP) is 4.06. The molecule has 0 spiro atoms. The number of anilines is 2. The summed E-state index contributed by atoms with van der Waals surface area (Å²) in [5.41, 5.74) is 2.46. The molecule has 3 heterocycles. The maximum atomic E-state index is 12.4. The molecule has 0 atom stereocenters. The minimum absolute atomic E-state index is 0.0210. The van der Waals surface area contributed by atoms with Gasteiger partial charge < -0.3 is 14.6 Å². The molecule has 0 aliphatic heterocycles. The molecule has 0 amide bonds. The molecule has 1 aromatic carbocycles. The van der Waals surface area contributed by atoms with Gasteiger partial charge in [-0.1, -0.05) is 0 Å². The largest absolute Gasteiger partial charge is 0.460 e. The van der Waals surface area contributed by atoms with Crippen LogP contribution >= 0.6 is 11.3 Å². The average molecular weight is 413 g/mol. The number of benzene rings is 1. The Hall–Kier alpha value is -3.24. The first-order valence-corrected chi connectivity index (χ1v) is 10.5. The van der Waals surface area contributed by atoms with Crippen molar-refractivity contribution in [2.75, 3.05) is 5.32 Å². The van der Waals surface area contributed by atoms with E-state index in [1.54, 1.807) is 19.1 Å². The fourth-order valence-electron chi connectivity index (χ4n) is 2.41. The molecule has 0 saturated carbocycles. The van der Waals surface area contributed by atoms with Gasteiger partial charge in [0.25, 0.3) is 0 Å². The first-order valence-electron chi connectivity index (χ1n) is 8.21. The standard InChI is InChI=1S/C18H14N5O3S2/c1-12-10-17(22-26-12)23-28(24,25)14-7-5-13(6-8-14)20-18-21-16(11-27-18)15-4-2-3-9-19-15/h2-11H,1H3,(H-,20,21,22,23)/q-1/p+1. The summed E-state index contributed by atoms with van der Waals surface area (Å²) in [6, 6.07) is 13.5. The van der Waals surface area contributed by atoms with Crippen molar-refractivity contribution in [2.45, 2.75) is 11.8 Å². The lowest BCUT2D eigenvalue weighted by Crippen LogP contribution is -2.04. The Kier molecular flexibility index (Phi) is 4.80. The van der Waals surface area contributed by atoms with Crippen molar-refractivity contribution >= 4 is 38.0 Å². The van der Waals surface area contributed by atoms with Crippen LogP contribution in [0.5, 0.6) is 0 Å². The van der Waals surface area contributed by atoms with Crippen LogP contribution in [-0.4, -0.2) is 18.6 Å². The SMILES string of the molecule is Cc1cc([N-]S(=O)(=O)c2ccc(Nc3nc(-c4cccc[nH+]4)cs3)cc2)no1. The van der Waals surface area contributed by atoms with Crippen molar-refractivity contribution in [1.82, 2.24) is 10.1 Å². The van der Waals surface area contributed by atoms with E-state index in [-0.39, 0.29) is 10.7 Å². The number of rotatable bonds is 6. The number of thiazole rings is 1. The predicted molar refractivity (Wildman–Crippen MR) is 105 cm³/mol. The molecule has 4 rings (SSSR count). The van der Waals surface area contributed by atoms with Gasteiger partial charge in [0.1, 0.15) is 11.5 Å². The molecule has 10 heteroatoms. The number of nitrogens with zero attached hydrogens (tertiary/aromatic N) is 3. The van der Waals surface area contributed by atoms with Crippen LogP contribution in [-0.2, 0) is 10.0 Å². The Morgan fingerprint density at radius 1 is 1.18 bits per heavy atom. The van der Waals surface area contributed by atoms with Gasteiger partial charge in [-0.15, -0.1) is 11.3 Å². The highest BCUT2D eigenvalue weighted by atomic mass is 32.2. The highest BCUT2D eigenvalue weighted by Crippen LogP contribution is 2.29. The summed E-state index contributed by atoms with van der Waals surface area (Å²) >= 11 is 1.46. The fraction of sp³-hybridized carbons (Fsp3) is 0.0556. The number of pyridine rings is 1. The van der Waals surface area contributed by atoms with Crippen LogP contribution in [0.4, 0.5) is 16.6 Å². The van der Waals surface area contributed by atoms with E-state index in [4.69, 9.17) is 4.52 Å². The molecule has 0 aliphatic rings. The first-order chi connectivity index (χ1) is 13.5. The highest BCUT2D eigenvalue weighted by molar-refractivity contribution is 7.94. The van der Waals surface area contributed by atoms with Crippen LogP contribution < -0.4 is 10.3 Å². The zero-order valence-electron chi connectivity index (χ0n) is 14.7. The molecule has 0 bridgehead atoms. The fourth-order valence-corrected chi connectivity index (χ4v) is 4.06. The maximum Gasteiger partial charge on any atom is 0.230 e. The molecule has 28 heavy (non-hydrogen) atoms. The Bertz CT molecular complexity index is 1190. The lowest BCUT2D eigenvalue weighted by molar-refractivity contribution is -0.364. The van der Waals surface area contributed by atoms with Gasteiger partial charge in [0, 0.05) is 23.2 Å². The van der Waals surface area contributed by atoms with Crippen molar-refractivity contribution in [3.63, 3.8) is 0 Å². The van der Waals surface area contributed by atoms with Crippen molar-refractivity contribution in [2.24, 2.45) is 0 Å². The molecule has 0 aliphatic carbocycles. The number of aromatic nitrogens is 3. The van der Waals surface area contributed by atoms with Gasteiger partial charge in [-0.05, 0) is 49.1 Å². The Morgan fingerprint density at radius 2 is 2.00 bits per heavy atom. The van der Waals surface area contributed by atoms with Crippen LogP contribution in [0.3, 0.4) is 0 Å². The van der Waals surface area contributed by atoms with E-state index in [9.17, 15) is 8.42 Å². The van der Waals surface area contributed by atoms with Gasteiger partial charge >= 0.3 is 0 Å². The summed E-state index contributed by atoms with van der Waals surface area (Å²) in [7, 11) is -3.86. The lowest BCUT2D eigenvalue weighted by Gasteiger charge is -2.12. The molecule has 142 valence electrons. The highest BCUT2D eigenvalue weighted by Gasteiger charge is 2.12. The van der Waals surface area contributed by atoms with E-state index in [2.05, 4.69) is 25.2 Å².